The quantitative estimate of drug-likeness (QED) is 0.501. The molecule has 3 nitrogen and oxygen atoms in total. The van der Waals surface area contributed by atoms with E-state index in [-0.39, 0.29) is 6.61 Å². The van der Waals surface area contributed by atoms with Gasteiger partial charge in [-0.3, -0.25) is 0 Å². The molecule has 2 aromatic rings. The van der Waals surface area contributed by atoms with Gasteiger partial charge in [-0.15, -0.1) is 0 Å². The second kappa shape index (κ2) is 7.29. The van der Waals surface area contributed by atoms with Crippen LogP contribution in [0.2, 0.25) is 0 Å². The highest BCUT2D eigenvalue weighted by Gasteiger charge is 2.13. The second-order valence-electron chi connectivity index (χ2n) is 5.02. The molecule has 0 heterocycles. The average Bonchev–Trinajstić information content (AvgIpc) is 2.42. The summed E-state index contributed by atoms with van der Waals surface area (Å²) in [7, 11) is 0. The van der Waals surface area contributed by atoms with Gasteiger partial charge in [0.1, 0.15) is 11.5 Å². The molecule has 0 bridgehead atoms. The number of carbonyl (C=O) groups is 1. The lowest BCUT2D eigenvalue weighted by molar-refractivity contribution is -0.136. The minimum Gasteiger partial charge on any atom is -0.480 e. The standard InChI is InChI=1S/C17H16Br2O3/c1-10-5-4-6-11(2)16(10)22-15(20)9-21-17-12(3)7-13(18)8-14(17)19/h4-8H,9H2,1-3H3. The molecule has 0 atom stereocenters. The van der Waals surface area contributed by atoms with E-state index in [1.54, 1.807) is 0 Å². The van der Waals surface area contributed by atoms with Crippen LogP contribution in [0.3, 0.4) is 0 Å². The van der Waals surface area contributed by atoms with Crippen LogP contribution in [0, 0.1) is 20.8 Å². The third kappa shape index (κ3) is 4.11. The van der Waals surface area contributed by atoms with Crippen LogP contribution in [0.4, 0.5) is 0 Å². The Hall–Kier alpha value is -1.33. The average molecular weight is 428 g/mol. The SMILES string of the molecule is Cc1cccc(C)c1OC(=O)COc1c(C)cc(Br)cc1Br. The minimum atomic E-state index is -0.424. The predicted molar refractivity (Wildman–Crippen MR) is 93.6 cm³/mol. The van der Waals surface area contributed by atoms with Gasteiger partial charge in [0.25, 0.3) is 0 Å². The number of ether oxygens (including phenoxy) is 2. The number of carbonyl (C=O) groups excluding carboxylic acids is 1. The molecule has 0 aliphatic heterocycles. The Morgan fingerprint density at radius 1 is 1.00 bits per heavy atom. The summed E-state index contributed by atoms with van der Waals surface area (Å²) in [5, 5.41) is 0. The van der Waals surface area contributed by atoms with Crippen molar-refractivity contribution in [2.45, 2.75) is 20.8 Å². The van der Waals surface area contributed by atoms with Gasteiger partial charge in [0.15, 0.2) is 6.61 Å². The summed E-state index contributed by atoms with van der Waals surface area (Å²) >= 11 is 6.84. The molecule has 0 radical (unpaired) electrons. The van der Waals surface area contributed by atoms with Crippen molar-refractivity contribution in [2.75, 3.05) is 6.61 Å². The van der Waals surface area contributed by atoms with Gasteiger partial charge in [-0.2, -0.15) is 0 Å². The van der Waals surface area contributed by atoms with Crippen LogP contribution < -0.4 is 9.47 Å². The molecule has 0 unspecified atom stereocenters. The van der Waals surface area contributed by atoms with Gasteiger partial charge in [0, 0.05) is 4.47 Å². The fraction of sp³-hybridized carbons (Fsp3) is 0.235. The van der Waals surface area contributed by atoms with Crippen molar-refractivity contribution in [1.29, 1.82) is 0 Å². The molecule has 116 valence electrons. The molecular weight excluding hydrogens is 412 g/mol. The zero-order valence-corrected chi connectivity index (χ0v) is 15.7. The number of hydrogen-bond acceptors (Lipinski definition) is 3. The Kier molecular flexibility index (Phi) is 5.64. The lowest BCUT2D eigenvalue weighted by atomic mass is 10.1. The first-order chi connectivity index (χ1) is 10.4. The highest BCUT2D eigenvalue weighted by Crippen LogP contribution is 2.32. The maximum Gasteiger partial charge on any atom is 0.349 e. The fourth-order valence-electron chi connectivity index (χ4n) is 2.11. The van der Waals surface area contributed by atoms with Crippen LogP contribution in [0.5, 0.6) is 11.5 Å². The lowest BCUT2D eigenvalue weighted by Gasteiger charge is -2.13. The number of rotatable bonds is 4. The maximum atomic E-state index is 12.0. The Bertz CT molecular complexity index is 668. The van der Waals surface area contributed by atoms with E-state index in [1.807, 2.05) is 51.1 Å². The van der Waals surface area contributed by atoms with E-state index in [2.05, 4.69) is 31.9 Å². The molecule has 0 aliphatic rings. The third-order valence-electron chi connectivity index (χ3n) is 3.15. The van der Waals surface area contributed by atoms with Gasteiger partial charge in [0.05, 0.1) is 4.47 Å². The largest absolute Gasteiger partial charge is 0.480 e. The van der Waals surface area contributed by atoms with Gasteiger partial charge < -0.3 is 9.47 Å². The molecular formula is C17H16Br2O3. The summed E-state index contributed by atoms with van der Waals surface area (Å²) in [6.07, 6.45) is 0. The zero-order chi connectivity index (χ0) is 16.3. The number of hydrogen-bond donors (Lipinski definition) is 0. The summed E-state index contributed by atoms with van der Waals surface area (Å²) in [4.78, 5) is 12.0. The first-order valence-electron chi connectivity index (χ1n) is 6.74. The van der Waals surface area contributed by atoms with E-state index in [1.165, 1.54) is 0 Å². The van der Waals surface area contributed by atoms with Gasteiger partial charge in [-0.25, -0.2) is 4.79 Å². The zero-order valence-electron chi connectivity index (χ0n) is 12.6. The first-order valence-corrected chi connectivity index (χ1v) is 8.32. The lowest BCUT2D eigenvalue weighted by Crippen LogP contribution is -2.19. The maximum absolute atomic E-state index is 12.0. The molecule has 0 aromatic heterocycles. The van der Waals surface area contributed by atoms with E-state index in [9.17, 15) is 4.79 Å². The highest BCUT2D eigenvalue weighted by atomic mass is 79.9. The highest BCUT2D eigenvalue weighted by molar-refractivity contribution is 9.11. The minimum absolute atomic E-state index is 0.144. The van der Waals surface area contributed by atoms with Crippen molar-refractivity contribution in [1.82, 2.24) is 0 Å². The van der Waals surface area contributed by atoms with Crippen molar-refractivity contribution in [3.05, 3.63) is 56.0 Å². The molecule has 2 rings (SSSR count). The van der Waals surface area contributed by atoms with Gasteiger partial charge in [0.2, 0.25) is 0 Å². The smallest absolute Gasteiger partial charge is 0.349 e. The van der Waals surface area contributed by atoms with Crippen LogP contribution in [-0.2, 0) is 4.79 Å². The van der Waals surface area contributed by atoms with E-state index in [0.717, 1.165) is 25.6 Å². The second-order valence-corrected chi connectivity index (χ2v) is 6.79. The molecule has 0 saturated carbocycles. The summed E-state index contributed by atoms with van der Waals surface area (Å²) < 4.78 is 12.7. The number of para-hydroxylation sites is 1. The molecule has 22 heavy (non-hydrogen) atoms. The molecule has 0 N–H and O–H groups in total. The van der Waals surface area contributed by atoms with E-state index < -0.39 is 5.97 Å². The molecule has 0 amide bonds. The summed E-state index contributed by atoms with van der Waals surface area (Å²) in [6, 6.07) is 9.55. The Balaban J connectivity index is 2.05. The first kappa shape index (κ1) is 17.0. The number of aryl methyl sites for hydroxylation is 3. The van der Waals surface area contributed by atoms with Crippen molar-refractivity contribution >= 4 is 37.8 Å². The number of halogens is 2. The number of esters is 1. The Morgan fingerprint density at radius 2 is 1.64 bits per heavy atom. The normalized spacial score (nSPS) is 10.4. The molecule has 0 fully saturated rings. The van der Waals surface area contributed by atoms with E-state index in [0.29, 0.717) is 11.5 Å². The van der Waals surface area contributed by atoms with Crippen molar-refractivity contribution in [3.63, 3.8) is 0 Å². The van der Waals surface area contributed by atoms with E-state index >= 15 is 0 Å². The molecule has 0 aliphatic carbocycles. The Morgan fingerprint density at radius 3 is 2.23 bits per heavy atom. The van der Waals surface area contributed by atoms with Crippen LogP contribution >= 0.6 is 31.9 Å². The molecule has 0 spiro atoms. The van der Waals surface area contributed by atoms with Gasteiger partial charge >= 0.3 is 5.97 Å². The van der Waals surface area contributed by atoms with Crippen molar-refractivity contribution in [3.8, 4) is 11.5 Å². The Labute approximate surface area is 146 Å². The fourth-order valence-corrected chi connectivity index (χ4v) is 3.66. The number of benzene rings is 2. The topological polar surface area (TPSA) is 35.5 Å². The molecule has 2 aromatic carbocycles. The monoisotopic (exact) mass is 426 g/mol. The van der Waals surface area contributed by atoms with Crippen LogP contribution in [0.15, 0.2) is 39.3 Å². The third-order valence-corrected chi connectivity index (χ3v) is 4.20. The van der Waals surface area contributed by atoms with Crippen molar-refractivity contribution < 1.29 is 14.3 Å². The van der Waals surface area contributed by atoms with Crippen molar-refractivity contribution in [2.24, 2.45) is 0 Å². The predicted octanol–water partition coefficient (Wildman–Crippen LogP) is 5.12. The van der Waals surface area contributed by atoms with Crippen LogP contribution in [0.1, 0.15) is 16.7 Å². The van der Waals surface area contributed by atoms with Gasteiger partial charge in [-0.1, -0.05) is 34.1 Å². The molecule has 5 heteroatoms. The van der Waals surface area contributed by atoms with Crippen LogP contribution in [-0.4, -0.2) is 12.6 Å². The molecule has 0 saturated heterocycles. The summed E-state index contributed by atoms with van der Waals surface area (Å²) in [5.41, 5.74) is 2.78. The van der Waals surface area contributed by atoms with Crippen LogP contribution in [0.25, 0.3) is 0 Å². The van der Waals surface area contributed by atoms with Gasteiger partial charge in [-0.05, 0) is 65.5 Å². The summed E-state index contributed by atoms with van der Waals surface area (Å²) in [5.74, 6) is 0.816. The summed E-state index contributed by atoms with van der Waals surface area (Å²) in [6.45, 7) is 5.59. The van der Waals surface area contributed by atoms with E-state index in [4.69, 9.17) is 9.47 Å².